The summed E-state index contributed by atoms with van der Waals surface area (Å²) < 4.78 is 5.51. The van der Waals surface area contributed by atoms with Gasteiger partial charge in [0.25, 0.3) is 0 Å². The lowest BCUT2D eigenvalue weighted by molar-refractivity contribution is -0.133. The fourth-order valence-corrected chi connectivity index (χ4v) is 2.41. The third-order valence-electron chi connectivity index (χ3n) is 3.68. The maximum atomic E-state index is 11.9. The van der Waals surface area contributed by atoms with Gasteiger partial charge in [-0.25, -0.2) is 0 Å². The highest BCUT2D eigenvalue weighted by molar-refractivity contribution is 5.76. The normalized spacial score (nSPS) is 22.6. The predicted molar refractivity (Wildman–Crippen MR) is 73.3 cm³/mol. The predicted octanol–water partition coefficient (Wildman–Crippen LogP) is 1.78. The molecule has 18 heavy (non-hydrogen) atoms. The second-order valence-electron chi connectivity index (χ2n) is 5.28. The quantitative estimate of drug-likeness (QED) is 0.640. The summed E-state index contributed by atoms with van der Waals surface area (Å²) >= 11 is 0. The minimum absolute atomic E-state index is 0.280. The summed E-state index contributed by atoms with van der Waals surface area (Å²) in [5.41, 5.74) is 5.44. The third-order valence-corrected chi connectivity index (χ3v) is 3.68. The summed E-state index contributed by atoms with van der Waals surface area (Å²) in [6.07, 6.45) is 6.44. The largest absolute Gasteiger partial charge is 0.378 e. The van der Waals surface area contributed by atoms with Crippen molar-refractivity contribution in [2.24, 2.45) is 11.7 Å². The van der Waals surface area contributed by atoms with Crippen molar-refractivity contribution in [1.82, 2.24) is 4.90 Å². The minimum Gasteiger partial charge on any atom is -0.378 e. The zero-order chi connectivity index (χ0) is 13.4. The van der Waals surface area contributed by atoms with Crippen LogP contribution < -0.4 is 5.73 Å². The van der Waals surface area contributed by atoms with E-state index < -0.39 is 0 Å². The van der Waals surface area contributed by atoms with Gasteiger partial charge in [0.05, 0.1) is 6.10 Å². The lowest BCUT2D eigenvalue weighted by atomic mass is 9.80. The maximum Gasteiger partial charge on any atom is 0.222 e. The molecule has 0 saturated heterocycles. The van der Waals surface area contributed by atoms with Gasteiger partial charge in [-0.15, -0.1) is 0 Å². The summed E-state index contributed by atoms with van der Waals surface area (Å²) in [7, 11) is 1.91. The molecule has 0 aromatic rings. The fraction of sp³-hybridized carbons (Fsp3) is 0.929. The van der Waals surface area contributed by atoms with Gasteiger partial charge in [0.15, 0.2) is 0 Å². The first-order valence-electron chi connectivity index (χ1n) is 7.23. The molecule has 0 radical (unpaired) electrons. The molecule has 0 spiro atoms. The first kappa shape index (κ1) is 15.4. The number of nitrogens with zero attached hydrogens (tertiary/aromatic N) is 1. The Bertz CT molecular complexity index is 240. The van der Waals surface area contributed by atoms with E-state index in [1.54, 1.807) is 0 Å². The topological polar surface area (TPSA) is 55.6 Å². The van der Waals surface area contributed by atoms with Gasteiger partial charge in [-0.05, 0) is 45.1 Å². The molecule has 4 heteroatoms. The van der Waals surface area contributed by atoms with E-state index in [1.165, 1.54) is 0 Å². The second-order valence-corrected chi connectivity index (χ2v) is 5.28. The molecule has 1 amide bonds. The van der Waals surface area contributed by atoms with Crippen LogP contribution in [0.15, 0.2) is 0 Å². The average Bonchev–Trinajstić information content (AvgIpc) is 2.31. The molecule has 0 unspecified atom stereocenters. The van der Waals surface area contributed by atoms with Crippen molar-refractivity contribution in [1.29, 1.82) is 0 Å². The summed E-state index contributed by atoms with van der Waals surface area (Å²) in [6, 6.07) is 0. The monoisotopic (exact) mass is 256 g/mol. The van der Waals surface area contributed by atoms with E-state index >= 15 is 0 Å². The van der Waals surface area contributed by atoms with Crippen molar-refractivity contribution < 1.29 is 9.53 Å². The molecule has 1 aliphatic rings. The molecule has 0 bridgehead atoms. The highest BCUT2D eigenvalue weighted by atomic mass is 16.5. The van der Waals surface area contributed by atoms with Crippen LogP contribution in [0.2, 0.25) is 0 Å². The van der Waals surface area contributed by atoms with Gasteiger partial charge in [0.2, 0.25) is 5.91 Å². The van der Waals surface area contributed by atoms with E-state index in [9.17, 15) is 4.79 Å². The highest BCUT2D eigenvalue weighted by Gasteiger charge is 2.31. The Hall–Kier alpha value is -0.610. The second kappa shape index (κ2) is 8.48. The Morgan fingerprint density at radius 3 is 2.67 bits per heavy atom. The molecule has 0 aromatic carbocycles. The number of carbonyl (C=O) groups excluding carboxylic acids is 1. The summed E-state index contributed by atoms with van der Waals surface area (Å²) in [5.74, 6) is 0.822. The zero-order valence-electron chi connectivity index (χ0n) is 11.9. The van der Waals surface area contributed by atoms with Crippen LogP contribution in [0.1, 0.15) is 45.4 Å². The van der Waals surface area contributed by atoms with E-state index in [0.717, 1.165) is 51.8 Å². The van der Waals surface area contributed by atoms with Gasteiger partial charge < -0.3 is 15.4 Å². The molecule has 0 aliphatic heterocycles. The molecule has 0 atom stereocenters. The van der Waals surface area contributed by atoms with Gasteiger partial charge in [0.1, 0.15) is 0 Å². The maximum absolute atomic E-state index is 11.9. The smallest absolute Gasteiger partial charge is 0.222 e. The Labute approximate surface area is 111 Å². The standard InChI is InChI=1S/C14H28N2O2/c1-3-18-13-9-12(10-13)11-14(17)16(2)8-6-4-5-7-15/h12-13H,3-11,15H2,1-2H3. The first-order chi connectivity index (χ1) is 8.67. The molecule has 2 N–H and O–H groups in total. The summed E-state index contributed by atoms with van der Waals surface area (Å²) in [6.45, 7) is 4.42. The van der Waals surface area contributed by atoms with Crippen LogP contribution in [-0.4, -0.2) is 43.7 Å². The molecule has 1 rings (SSSR count). The molecule has 1 saturated carbocycles. The Kier molecular flexibility index (Phi) is 7.28. The number of ether oxygens (including phenoxy) is 1. The van der Waals surface area contributed by atoms with Gasteiger partial charge in [-0.2, -0.15) is 0 Å². The molecular formula is C14H28N2O2. The minimum atomic E-state index is 0.280. The van der Waals surface area contributed by atoms with Gasteiger partial charge in [0, 0.05) is 26.6 Å². The number of hydrogen-bond acceptors (Lipinski definition) is 3. The lowest BCUT2D eigenvalue weighted by Gasteiger charge is -2.35. The third kappa shape index (κ3) is 5.36. The Morgan fingerprint density at radius 1 is 1.33 bits per heavy atom. The SMILES string of the molecule is CCOC1CC(CC(=O)N(C)CCCCCN)C1. The van der Waals surface area contributed by atoms with Crippen molar-refractivity contribution in [3.63, 3.8) is 0 Å². The highest BCUT2D eigenvalue weighted by Crippen LogP contribution is 2.32. The van der Waals surface area contributed by atoms with Gasteiger partial charge in [-0.1, -0.05) is 6.42 Å². The molecule has 1 fully saturated rings. The molecular weight excluding hydrogens is 228 g/mol. The van der Waals surface area contributed by atoms with Crippen molar-refractivity contribution in [3.8, 4) is 0 Å². The van der Waals surface area contributed by atoms with Crippen molar-refractivity contribution >= 4 is 5.91 Å². The first-order valence-corrected chi connectivity index (χ1v) is 7.23. The molecule has 1 aliphatic carbocycles. The molecule has 106 valence electrons. The summed E-state index contributed by atoms with van der Waals surface area (Å²) in [4.78, 5) is 13.8. The number of rotatable bonds is 9. The van der Waals surface area contributed by atoms with Crippen molar-refractivity contribution in [3.05, 3.63) is 0 Å². The average molecular weight is 256 g/mol. The Morgan fingerprint density at radius 2 is 2.06 bits per heavy atom. The van der Waals surface area contributed by atoms with E-state index in [1.807, 2.05) is 18.9 Å². The van der Waals surface area contributed by atoms with Crippen LogP contribution in [-0.2, 0) is 9.53 Å². The van der Waals surface area contributed by atoms with E-state index in [4.69, 9.17) is 10.5 Å². The lowest BCUT2D eigenvalue weighted by Crippen LogP contribution is -2.36. The number of hydrogen-bond donors (Lipinski definition) is 1. The number of amides is 1. The van der Waals surface area contributed by atoms with Crippen LogP contribution in [0, 0.1) is 5.92 Å². The van der Waals surface area contributed by atoms with E-state index in [2.05, 4.69) is 0 Å². The number of unbranched alkanes of at least 4 members (excludes halogenated alkanes) is 2. The Balaban J connectivity index is 2.06. The molecule has 4 nitrogen and oxygen atoms in total. The van der Waals surface area contributed by atoms with E-state index in [0.29, 0.717) is 18.4 Å². The molecule has 0 aromatic heterocycles. The number of nitrogens with two attached hydrogens (primary N) is 1. The number of carbonyl (C=O) groups is 1. The van der Waals surface area contributed by atoms with Crippen LogP contribution >= 0.6 is 0 Å². The van der Waals surface area contributed by atoms with E-state index in [-0.39, 0.29) is 5.91 Å². The molecule has 0 heterocycles. The van der Waals surface area contributed by atoms with Crippen molar-refractivity contribution in [2.75, 3.05) is 26.7 Å². The van der Waals surface area contributed by atoms with Crippen LogP contribution in [0.25, 0.3) is 0 Å². The zero-order valence-corrected chi connectivity index (χ0v) is 11.9. The van der Waals surface area contributed by atoms with Gasteiger partial charge in [-0.3, -0.25) is 4.79 Å². The van der Waals surface area contributed by atoms with Crippen LogP contribution in [0.5, 0.6) is 0 Å². The van der Waals surface area contributed by atoms with Gasteiger partial charge >= 0.3 is 0 Å². The van der Waals surface area contributed by atoms with Crippen molar-refractivity contribution in [2.45, 2.75) is 51.6 Å². The van der Waals surface area contributed by atoms with Crippen LogP contribution in [0.3, 0.4) is 0 Å². The van der Waals surface area contributed by atoms with Crippen LogP contribution in [0.4, 0.5) is 0 Å². The fourth-order valence-electron chi connectivity index (χ4n) is 2.41. The summed E-state index contributed by atoms with van der Waals surface area (Å²) in [5, 5.41) is 0.